The molecule has 2 aliphatic heterocycles. The first-order chi connectivity index (χ1) is 17.3. The van der Waals surface area contributed by atoms with Gasteiger partial charge in [0.2, 0.25) is 0 Å². The Kier molecular flexibility index (Phi) is 9.29. The molecule has 0 saturated carbocycles. The number of alkyl halides is 6. The molecule has 206 valence electrons. The summed E-state index contributed by atoms with van der Waals surface area (Å²) in [5.41, 5.74) is 0.411. The highest BCUT2D eigenvalue weighted by molar-refractivity contribution is 5.99. The van der Waals surface area contributed by atoms with Crippen LogP contribution in [0.2, 0.25) is 0 Å². The third kappa shape index (κ3) is 8.25. The molecule has 0 bridgehead atoms. The number of ether oxygens (including phenoxy) is 2. The molecule has 3 heterocycles. The summed E-state index contributed by atoms with van der Waals surface area (Å²) in [7, 11) is 0. The minimum Gasteiger partial charge on any atom is -0.493 e. The SMILES string of the molecule is O=C(O)C(F)(F)F.O=C(c1cc2cc(OC[C@H]3CCCNC3)ccc2n1CC(F)(F)F)N1CCOCC1. The molecule has 0 radical (unpaired) electrons. The Morgan fingerprint density at radius 1 is 1.11 bits per heavy atom. The predicted octanol–water partition coefficient (Wildman–Crippen LogP) is 3.69. The van der Waals surface area contributed by atoms with Crippen LogP contribution in [0.4, 0.5) is 26.3 Å². The number of carbonyl (C=O) groups is 2. The molecule has 0 unspecified atom stereocenters. The first-order valence-electron chi connectivity index (χ1n) is 11.6. The number of rotatable bonds is 5. The minimum absolute atomic E-state index is 0.0397. The lowest BCUT2D eigenvalue weighted by molar-refractivity contribution is -0.192. The van der Waals surface area contributed by atoms with Crippen LogP contribution in [-0.2, 0) is 16.1 Å². The van der Waals surface area contributed by atoms with Crippen molar-refractivity contribution in [3.05, 3.63) is 30.0 Å². The standard InChI is InChI=1S/C21H26F3N3O3.C2HF3O2/c22-21(23,24)14-27-18-4-3-17(30-13-15-2-1-5-25-12-15)10-16(18)11-19(27)20(28)26-6-8-29-9-7-26;3-2(4,5)1(6)7/h3-4,10-11,15,25H,1-2,5-9,12-14H2;(H,6,7)/t15-;/m0./s1. The molecule has 14 heteroatoms. The van der Waals surface area contributed by atoms with E-state index in [1.807, 2.05) is 0 Å². The Morgan fingerprint density at radius 3 is 2.35 bits per heavy atom. The highest BCUT2D eigenvalue weighted by Gasteiger charge is 2.38. The van der Waals surface area contributed by atoms with Crippen molar-refractivity contribution in [3.63, 3.8) is 0 Å². The number of morpholine rings is 1. The maximum atomic E-state index is 13.2. The van der Waals surface area contributed by atoms with E-state index in [4.69, 9.17) is 19.4 Å². The van der Waals surface area contributed by atoms with Gasteiger partial charge in [-0.3, -0.25) is 4.79 Å². The van der Waals surface area contributed by atoms with Crippen molar-refractivity contribution in [1.82, 2.24) is 14.8 Å². The van der Waals surface area contributed by atoms with Gasteiger partial charge < -0.3 is 29.4 Å². The summed E-state index contributed by atoms with van der Waals surface area (Å²) >= 11 is 0. The van der Waals surface area contributed by atoms with Gasteiger partial charge in [-0.1, -0.05) is 0 Å². The van der Waals surface area contributed by atoms with Crippen molar-refractivity contribution in [2.45, 2.75) is 31.7 Å². The number of nitrogens with zero attached hydrogens (tertiary/aromatic N) is 2. The molecule has 1 aromatic heterocycles. The normalized spacial score (nSPS) is 18.8. The Bertz CT molecular complexity index is 1070. The second kappa shape index (κ2) is 12.0. The third-order valence-electron chi connectivity index (χ3n) is 5.85. The van der Waals surface area contributed by atoms with Gasteiger partial charge >= 0.3 is 18.3 Å². The largest absolute Gasteiger partial charge is 0.493 e. The Balaban J connectivity index is 0.000000479. The number of hydrogen-bond donors (Lipinski definition) is 2. The van der Waals surface area contributed by atoms with Gasteiger partial charge in [0.25, 0.3) is 5.91 Å². The number of carboxylic acids is 1. The maximum Gasteiger partial charge on any atom is 0.490 e. The van der Waals surface area contributed by atoms with Gasteiger partial charge in [-0.05, 0) is 43.7 Å². The van der Waals surface area contributed by atoms with Gasteiger partial charge in [0, 0.05) is 36.5 Å². The number of piperidine rings is 1. The van der Waals surface area contributed by atoms with E-state index in [1.165, 1.54) is 11.0 Å². The number of aromatic nitrogens is 1. The average Bonchev–Trinajstić information content (AvgIpc) is 3.19. The quantitative estimate of drug-likeness (QED) is 0.564. The van der Waals surface area contributed by atoms with Gasteiger partial charge in [-0.15, -0.1) is 0 Å². The summed E-state index contributed by atoms with van der Waals surface area (Å²) < 4.78 is 83.7. The van der Waals surface area contributed by atoms with Crippen molar-refractivity contribution in [2.24, 2.45) is 5.92 Å². The van der Waals surface area contributed by atoms with Gasteiger partial charge in [-0.2, -0.15) is 26.3 Å². The zero-order valence-electron chi connectivity index (χ0n) is 19.7. The smallest absolute Gasteiger partial charge is 0.490 e. The van der Waals surface area contributed by atoms with Gasteiger partial charge in [0.15, 0.2) is 0 Å². The Hall–Kier alpha value is -3.00. The molecular formula is C23H27F6N3O5. The molecule has 8 nitrogen and oxygen atoms in total. The van der Waals surface area contributed by atoms with Crippen LogP contribution in [0.15, 0.2) is 24.3 Å². The van der Waals surface area contributed by atoms with Crippen molar-refractivity contribution in [1.29, 1.82) is 0 Å². The van der Waals surface area contributed by atoms with Crippen LogP contribution in [0.3, 0.4) is 0 Å². The highest BCUT2D eigenvalue weighted by Crippen LogP contribution is 2.29. The zero-order valence-corrected chi connectivity index (χ0v) is 19.7. The lowest BCUT2D eigenvalue weighted by atomic mass is 10.0. The lowest BCUT2D eigenvalue weighted by Gasteiger charge is -2.27. The number of amides is 1. The summed E-state index contributed by atoms with van der Waals surface area (Å²) in [6, 6.07) is 6.53. The van der Waals surface area contributed by atoms with E-state index in [9.17, 15) is 31.1 Å². The number of benzene rings is 1. The van der Waals surface area contributed by atoms with E-state index in [1.54, 1.807) is 18.2 Å². The molecule has 2 aliphatic rings. The van der Waals surface area contributed by atoms with E-state index < -0.39 is 30.8 Å². The van der Waals surface area contributed by atoms with Crippen molar-refractivity contribution < 1.29 is 50.5 Å². The summed E-state index contributed by atoms with van der Waals surface area (Å²) in [6.45, 7) is 2.79. The van der Waals surface area contributed by atoms with Crippen molar-refractivity contribution in [2.75, 3.05) is 46.0 Å². The predicted molar refractivity (Wildman–Crippen MR) is 119 cm³/mol. The van der Waals surface area contributed by atoms with Crippen LogP contribution in [0.25, 0.3) is 10.9 Å². The second-order valence-corrected chi connectivity index (χ2v) is 8.68. The zero-order chi connectivity index (χ0) is 27.2. The second-order valence-electron chi connectivity index (χ2n) is 8.68. The molecule has 1 atom stereocenters. The first-order valence-corrected chi connectivity index (χ1v) is 11.6. The first kappa shape index (κ1) is 28.6. The van der Waals surface area contributed by atoms with Crippen LogP contribution in [0, 0.1) is 5.92 Å². The molecule has 4 rings (SSSR count). The Labute approximate surface area is 208 Å². The van der Waals surface area contributed by atoms with E-state index in [-0.39, 0.29) is 5.69 Å². The average molecular weight is 539 g/mol. The molecular weight excluding hydrogens is 512 g/mol. The fourth-order valence-corrected chi connectivity index (χ4v) is 4.07. The number of hydrogen-bond acceptors (Lipinski definition) is 5. The van der Waals surface area contributed by atoms with Crippen LogP contribution >= 0.6 is 0 Å². The molecule has 0 spiro atoms. The van der Waals surface area contributed by atoms with E-state index >= 15 is 0 Å². The van der Waals surface area contributed by atoms with Crippen LogP contribution < -0.4 is 10.1 Å². The molecule has 0 aliphatic carbocycles. The number of halogens is 6. The van der Waals surface area contributed by atoms with E-state index in [0.717, 1.165) is 30.5 Å². The van der Waals surface area contributed by atoms with Crippen molar-refractivity contribution in [3.8, 4) is 5.75 Å². The number of aliphatic carboxylic acids is 1. The monoisotopic (exact) mass is 539 g/mol. The van der Waals surface area contributed by atoms with E-state index in [2.05, 4.69) is 5.32 Å². The molecule has 2 fully saturated rings. The number of carboxylic acid groups (broad SMARTS) is 1. The third-order valence-corrected chi connectivity index (χ3v) is 5.85. The van der Waals surface area contributed by atoms with Gasteiger partial charge in [-0.25, -0.2) is 4.79 Å². The number of nitrogens with one attached hydrogen (secondary N) is 1. The summed E-state index contributed by atoms with van der Waals surface area (Å²) in [5, 5.41) is 11.0. The molecule has 37 heavy (non-hydrogen) atoms. The number of carbonyl (C=O) groups excluding carboxylic acids is 1. The topological polar surface area (TPSA) is 93.0 Å². The lowest BCUT2D eigenvalue weighted by Crippen LogP contribution is -2.41. The highest BCUT2D eigenvalue weighted by atomic mass is 19.4. The summed E-state index contributed by atoms with van der Waals surface area (Å²) in [4.78, 5) is 23.4. The molecule has 2 saturated heterocycles. The molecule has 1 amide bonds. The minimum atomic E-state index is -5.08. The Morgan fingerprint density at radius 2 is 1.78 bits per heavy atom. The molecule has 2 aromatic rings. The van der Waals surface area contributed by atoms with Gasteiger partial charge in [0.1, 0.15) is 18.0 Å². The van der Waals surface area contributed by atoms with Crippen molar-refractivity contribution >= 4 is 22.8 Å². The molecule has 1 aromatic carbocycles. The van der Waals surface area contributed by atoms with Gasteiger partial charge in [0.05, 0.1) is 19.8 Å². The summed E-state index contributed by atoms with van der Waals surface area (Å²) in [5.74, 6) is -2.15. The van der Waals surface area contributed by atoms with Crippen LogP contribution in [-0.4, -0.2) is 84.8 Å². The van der Waals surface area contributed by atoms with E-state index in [0.29, 0.717) is 55.5 Å². The molecule has 2 N–H and O–H groups in total. The van der Waals surface area contributed by atoms with Crippen LogP contribution in [0.5, 0.6) is 5.75 Å². The fourth-order valence-electron chi connectivity index (χ4n) is 4.07. The fraction of sp³-hybridized carbons (Fsp3) is 0.565. The number of fused-ring (bicyclic) bond motifs is 1. The maximum absolute atomic E-state index is 13.2. The van der Waals surface area contributed by atoms with Crippen LogP contribution in [0.1, 0.15) is 23.3 Å². The summed E-state index contributed by atoms with van der Waals surface area (Å²) in [6.07, 6.45) is -7.31.